The van der Waals surface area contributed by atoms with E-state index in [0.29, 0.717) is 0 Å². The van der Waals surface area contributed by atoms with Crippen molar-refractivity contribution in [1.82, 2.24) is 9.80 Å². The standard InChI is InChI=1S/C8H17N.C7H12N2.3C2H6/c1-3-8-4-6-9(2)7-5-8;1-9-5-3-2-4-7(9)6-8;3*1-2/h8H,3-7H2,1-2H3;7H,2-5H2,1H3;3*1-2H3. The van der Waals surface area contributed by atoms with Gasteiger partial charge in [-0.2, -0.15) is 5.26 Å². The zero-order valence-corrected chi connectivity index (χ0v) is 18.4. The highest BCUT2D eigenvalue weighted by Gasteiger charge is 2.17. The topological polar surface area (TPSA) is 30.3 Å². The van der Waals surface area contributed by atoms with Crippen molar-refractivity contribution in [3.8, 4) is 6.07 Å². The summed E-state index contributed by atoms with van der Waals surface area (Å²) in [5.41, 5.74) is 0. The first-order valence-electron chi connectivity index (χ1n) is 10.5. The second-order valence-electron chi connectivity index (χ2n) is 5.78. The van der Waals surface area contributed by atoms with Gasteiger partial charge in [0.1, 0.15) is 0 Å². The van der Waals surface area contributed by atoms with Crippen molar-refractivity contribution < 1.29 is 0 Å². The van der Waals surface area contributed by atoms with Crippen molar-refractivity contribution in [2.45, 2.75) is 93.0 Å². The Balaban J connectivity index is -0.000000281. The molecule has 0 saturated carbocycles. The van der Waals surface area contributed by atoms with E-state index >= 15 is 0 Å². The third kappa shape index (κ3) is 15.0. The zero-order valence-electron chi connectivity index (χ0n) is 18.4. The first kappa shape index (κ1) is 28.2. The average Bonchev–Trinajstić information content (AvgIpc) is 2.68. The molecule has 2 saturated heterocycles. The molecule has 0 bridgehead atoms. The van der Waals surface area contributed by atoms with Gasteiger partial charge in [-0.05, 0) is 71.8 Å². The number of piperidine rings is 2. The van der Waals surface area contributed by atoms with Crippen molar-refractivity contribution in [2.75, 3.05) is 33.7 Å². The van der Waals surface area contributed by atoms with Gasteiger partial charge in [0.05, 0.1) is 12.1 Å². The smallest absolute Gasteiger partial charge is 0.0975 e. The van der Waals surface area contributed by atoms with Gasteiger partial charge in [0, 0.05) is 0 Å². The van der Waals surface area contributed by atoms with Crippen LogP contribution in [0.3, 0.4) is 0 Å². The Morgan fingerprint density at radius 3 is 1.67 bits per heavy atom. The van der Waals surface area contributed by atoms with Crippen LogP contribution in [0.1, 0.15) is 87.0 Å². The Kier molecular flexibility index (Phi) is 26.4. The van der Waals surface area contributed by atoms with Crippen molar-refractivity contribution in [2.24, 2.45) is 5.92 Å². The minimum Gasteiger partial charge on any atom is -0.306 e. The summed E-state index contributed by atoms with van der Waals surface area (Å²) in [4.78, 5) is 4.55. The summed E-state index contributed by atoms with van der Waals surface area (Å²) in [7, 11) is 4.24. The van der Waals surface area contributed by atoms with Crippen molar-refractivity contribution in [3.63, 3.8) is 0 Å². The monoisotopic (exact) mass is 341 g/mol. The lowest BCUT2D eigenvalue weighted by atomic mass is 9.95. The quantitative estimate of drug-likeness (QED) is 0.603. The van der Waals surface area contributed by atoms with E-state index in [4.69, 9.17) is 5.26 Å². The van der Waals surface area contributed by atoms with Crippen LogP contribution in [0.15, 0.2) is 0 Å². The summed E-state index contributed by atoms with van der Waals surface area (Å²) >= 11 is 0. The van der Waals surface area contributed by atoms with Gasteiger partial charge in [-0.25, -0.2) is 0 Å². The Bertz CT molecular complexity index is 252. The molecule has 146 valence electrons. The molecule has 0 aromatic carbocycles. The number of likely N-dealkylation sites (tertiary alicyclic amines) is 2. The molecule has 3 heteroatoms. The molecular weight excluding hydrogens is 294 g/mol. The number of nitriles is 1. The highest BCUT2D eigenvalue weighted by Crippen LogP contribution is 2.18. The second-order valence-corrected chi connectivity index (χ2v) is 5.78. The third-order valence-electron chi connectivity index (χ3n) is 4.33. The molecule has 2 aliphatic heterocycles. The Morgan fingerprint density at radius 1 is 0.833 bits per heavy atom. The van der Waals surface area contributed by atoms with Gasteiger partial charge in [-0.1, -0.05) is 54.9 Å². The highest BCUT2D eigenvalue weighted by molar-refractivity contribution is 4.92. The average molecular weight is 342 g/mol. The van der Waals surface area contributed by atoms with E-state index in [0.717, 1.165) is 18.9 Å². The van der Waals surface area contributed by atoms with Crippen LogP contribution in [0, 0.1) is 17.2 Å². The second kappa shape index (κ2) is 22.4. The van der Waals surface area contributed by atoms with Crippen molar-refractivity contribution in [1.29, 1.82) is 5.26 Å². The number of rotatable bonds is 1. The molecule has 0 aliphatic carbocycles. The molecule has 2 fully saturated rings. The summed E-state index contributed by atoms with van der Waals surface area (Å²) < 4.78 is 0. The largest absolute Gasteiger partial charge is 0.306 e. The fourth-order valence-electron chi connectivity index (χ4n) is 2.71. The van der Waals surface area contributed by atoms with Crippen molar-refractivity contribution in [3.05, 3.63) is 0 Å². The molecule has 2 aliphatic rings. The Hall–Kier alpha value is -0.590. The highest BCUT2D eigenvalue weighted by atomic mass is 15.1. The van der Waals surface area contributed by atoms with E-state index in [2.05, 4.69) is 29.8 Å². The first-order chi connectivity index (χ1) is 11.7. The maximum atomic E-state index is 8.57. The van der Waals surface area contributed by atoms with Crippen LogP contribution < -0.4 is 0 Å². The maximum Gasteiger partial charge on any atom is 0.0975 e. The number of hydrogen-bond acceptors (Lipinski definition) is 3. The third-order valence-corrected chi connectivity index (χ3v) is 4.33. The maximum absolute atomic E-state index is 8.57. The van der Waals surface area contributed by atoms with Gasteiger partial charge in [-0.15, -0.1) is 0 Å². The van der Waals surface area contributed by atoms with E-state index in [9.17, 15) is 0 Å². The Morgan fingerprint density at radius 2 is 1.33 bits per heavy atom. The van der Waals surface area contributed by atoms with Gasteiger partial charge in [0.2, 0.25) is 0 Å². The molecule has 3 nitrogen and oxygen atoms in total. The number of hydrogen-bond donors (Lipinski definition) is 0. The predicted molar refractivity (Wildman–Crippen MR) is 110 cm³/mol. The lowest BCUT2D eigenvalue weighted by Crippen LogP contribution is -2.34. The van der Waals surface area contributed by atoms with E-state index in [1.807, 2.05) is 48.6 Å². The van der Waals surface area contributed by atoms with Gasteiger partial charge >= 0.3 is 0 Å². The van der Waals surface area contributed by atoms with Crippen LogP contribution in [-0.4, -0.2) is 49.6 Å². The predicted octanol–water partition coefficient (Wildman–Crippen LogP) is 5.81. The summed E-state index contributed by atoms with van der Waals surface area (Å²) in [6.45, 7) is 18.0. The van der Waals surface area contributed by atoms with Crippen LogP contribution in [0.25, 0.3) is 0 Å². The minimum atomic E-state index is 0.193. The molecule has 2 rings (SSSR count). The fourth-order valence-corrected chi connectivity index (χ4v) is 2.71. The van der Waals surface area contributed by atoms with Crippen LogP contribution >= 0.6 is 0 Å². The molecule has 0 aromatic heterocycles. The summed E-state index contributed by atoms with van der Waals surface area (Å²) in [5.74, 6) is 1.03. The molecule has 0 radical (unpaired) electrons. The normalized spacial score (nSPS) is 21.1. The van der Waals surface area contributed by atoms with Gasteiger partial charge in [0.25, 0.3) is 0 Å². The Labute approximate surface area is 154 Å². The van der Waals surface area contributed by atoms with E-state index in [1.54, 1.807) is 0 Å². The molecule has 1 atom stereocenters. The van der Waals surface area contributed by atoms with Crippen LogP contribution in [0.4, 0.5) is 0 Å². The number of nitrogens with zero attached hydrogens (tertiary/aromatic N) is 3. The molecule has 24 heavy (non-hydrogen) atoms. The SMILES string of the molecule is CC.CC.CC.CCC1CCN(C)CC1.CN1CCCCC1C#N. The van der Waals surface area contributed by atoms with Gasteiger partial charge in [-0.3, -0.25) is 4.90 Å². The molecule has 0 aromatic rings. The summed E-state index contributed by atoms with van der Waals surface area (Å²) in [5, 5.41) is 8.57. The molecule has 0 amide bonds. The van der Waals surface area contributed by atoms with E-state index < -0.39 is 0 Å². The summed E-state index contributed by atoms with van der Waals surface area (Å²) in [6.07, 6.45) is 7.78. The van der Waals surface area contributed by atoms with Gasteiger partial charge < -0.3 is 4.90 Å². The molecule has 1 unspecified atom stereocenters. The van der Waals surface area contributed by atoms with Gasteiger partial charge in [0.15, 0.2) is 0 Å². The van der Waals surface area contributed by atoms with E-state index in [1.165, 1.54) is 45.2 Å². The molecule has 0 spiro atoms. The van der Waals surface area contributed by atoms with Crippen molar-refractivity contribution >= 4 is 0 Å². The summed E-state index contributed by atoms with van der Waals surface area (Å²) in [6, 6.07) is 2.47. The zero-order chi connectivity index (χ0) is 19.4. The molecule has 2 heterocycles. The lowest BCUT2D eigenvalue weighted by molar-refractivity contribution is 0.216. The van der Waals surface area contributed by atoms with Crippen LogP contribution in [0.5, 0.6) is 0 Å². The van der Waals surface area contributed by atoms with E-state index in [-0.39, 0.29) is 6.04 Å². The first-order valence-corrected chi connectivity index (χ1v) is 10.5. The lowest BCUT2D eigenvalue weighted by Gasteiger charge is -2.27. The van der Waals surface area contributed by atoms with Crippen LogP contribution in [0.2, 0.25) is 0 Å². The molecule has 0 N–H and O–H groups in total. The minimum absolute atomic E-state index is 0.193. The fraction of sp³-hybridized carbons (Fsp3) is 0.952. The molecular formula is C21H47N3. The van der Waals surface area contributed by atoms with Crippen LogP contribution in [-0.2, 0) is 0 Å².